The number of hydrogen-bond donors (Lipinski definition) is 3. The van der Waals surface area contributed by atoms with E-state index in [2.05, 4.69) is 0 Å². The van der Waals surface area contributed by atoms with Crippen molar-refractivity contribution in [2.45, 2.75) is 88.8 Å². The summed E-state index contributed by atoms with van der Waals surface area (Å²) in [4.78, 5) is 0. The van der Waals surface area contributed by atoms with Crippen LogP contribution < -0.4 is 0 Å². The summed E-state index contributed by atoms with van der Waals surface area (Å²) in [6, 6.07) is 0. The van der Waals surface area contributed by atoms with Gasteiger partial charge in [0.05, 0.1) is 18.3 Å². The van der Waals surface area contributed by atoms with Crippen LogP contribution in [0.2, 0.25) is 0 Å². The second-order valence-corrected chi connectivity index (χ2v) is 5.95. The highest BCUT2D eigenvalue weighted by Gasteiger charge is 2.28. The van der Waals surface area contributed by atoms with Crippen LogP contribution in [0.1, 0.15) is 77.0 Å². The Labute approximate surface area is 111 Å². The van der Waals surface area contributed by atoms with E-state index in [0.717, 1.165) is 25.7 Å². The lowest BCUT2D eigenvalue weighted by Crippen LogP contribution is -2.35. The van der Waals surface area contributed by atoms with Crippen molar-refractivity contribution < 1.29 is 15.3 Å². The summed E-state index contributed by atoms with van der Waals surface area (Å²) < 4.78 is 0. The van der Waals surface area contributed by atoms with Crippen molar-refractivity contribution in [1.82, 2.24) is 0 Å². The average Bonchev–Trinajstić information content (AvgIpc) is 2.34. The maximum Gasteiger partial charge on any atom is 0.0798 e. The van der Waals surface area contributed by atoms with Gasteiger partial charge in [0.15, 0.2) is 0 Å². The molecule has 1 atom stereocenters. The van der Waals surface area contributed by atoms with Gasteiger partial charge in [-0.15, -0.1) is 0 Å². The first-order chi connectivity index (χ1) is 8.66. The van der Waals surface area contributed by atoms with E-state index in [1.165, 1.54) is 44.9 Å². The summed E-state index contributed by atoms with van der Waals surface area (Å²) in [7, 11) is 0. The molecule has 1 aliphatic carbocycles. The molecule has 1 saturated carbocycles. The van der Waals surface area contributed by atoms with Crippen LogP contribution in [0, 0.1) is 0 Å². The molecule has 0 heterocycles. The zero-order valence-corrected chi connectivity index (χ0v) is 11.6. The van der Waals surface area contributed by atoms with Gasteiger partial charge in [0.2, 0.25) is 0 Å². The molecule has 0 bridgehead atoms. The van der Waals surface area contributed by atoms with Crippen molar-refractivity contribution in [2.24, 2.45) is 0 Å². The van der Waals surface area contributed by atoms with Crippen molar-refractivity contribution in [3.8, 4) is 0 Å². The van der Waals surface area contributed by atoms with Crippen molar-refractivity contribution in [3.63, 3.8) is 0 Å². The fourth-order valence-electron chi connectivity index (χ4n) is 2.98. The third kappa shape index (κ3) is 6.72. The minimum Gasteiger partial charge on any atom is -0.394 e. The molecule has 0 aliphatic heterocycles. The van der Waals surface area contributed by atoms with Gasteiger partial charge >= 0.3 is 0 Å². The second kappa shape index (κ2) is 8.89. The molecule has 108 valence electrons. The van der Waals surface area contributed by atoms with Gasteiger partial charge in [-0.2, -0.15) is 0 Å². The number of aliphatic hydroxyl groups excluding tert-OH is 2. The molecule has 0 saturated heterocycles. The molecule has 1 rings (SSSR count). The first-order valence-corrected chi connectivity index (χ1v) is 7.68. The van der Waals surface area contributed by atoms with Gasteiger partial charge in [-0.05, 0) is 12.8 Å². The predicted octanol–water partition coefficient (Wildman–Crippen LogP) is 2.77. The third-order valence-electron chi connectivity index (χ3n) is 4.11. The maximum absolute atomic E-state index is 10.6. The van der Waals surface area contributed by atoms with Gasteiger partial charge in [0.1, 0.15) is 0 Å². The molecule has 3 nitrogen and oxygen atoms in total. The SMILES string of the molecule is OCC(O)CC1(O)CCCCCCCCCCC1. The minimum atomic E-state index is -0.775. The summed E-state index contributed by atoms with van der Waals surface area (Å²) in [6.07, 6.45) is 12.0. The highest BCUT2D eigenvalue weighted by Crippen LogP contribution is 2.28. The Balaban J connectivity index is 2.43. The maximum atomic E-state index is 10.6. The fourth-order valence-corrected chi connectivity index (χ4v) is 2.98. The Morgan fingerprint density at radius 3 is 1.56 bits per heavy atom. The second-order valence-electron chi connectivity index (χ2n) is 5.95. The van der Waals surface area contributed by atoms with Crippen LogP contribution in [-0.4, -0.2) is 33.6 Å². The van der Waals surface area contributed by atoms with E-state index in [1.54, 1.807) is 0 Å². The Kier molecular flexibility index (Phi) is 7.87. The van der Waals surface area contributed by atoms with Gasteiger partial charge in [-0.25, -0.2) is 0 Å². The lowest BCUT2D eigenvalue weighted by atomic mass is 9.84. The lowest BCUT2D eigenvalue weighted by Gasteiger charge is -2.30. The molecular formula is C15H30O3. The van der Waals surface area contributed by atoms with Crippen molar-refractivity contribution in [3.05, 3.63) is 0 Å². The first-order valence-electron chi connectivity index (χ1n) is 7.68. The van der Waals surface area contributed by atoms with Crippen LogP contribution in [0.25, 0.3) is 0 Å². The Morgan fingerprint density at radius 2 is 1.17 bits per heavy atom. The average molecular weight is 258 g/mol. The highest BCUT2D eigenvalue weighted by molar-refractivity contribution is 4.81. The van der Waals surface area contributed by atoms with Gasteiger partial charge in [-0.3, -0.25) is 0 Å². The lowest BCUT2D eigenvalue weighted by molar-refractivity contribution is -0.0401. The summed E-state index contributed by atoms with van der Waals surface area (Å²) in [6.45, 7) is -0.248. The third-order valence-corrected chi connectivity index (χ3v) is 4.11. The highest BCUT2D eigenvalue weighted by atomic mass is 16.3. The van der Waals surface area contributed by atoms with E-state index in [0.29, 0.717) is 6.42 Å². The number of rotatable bonds is 3. The summed E-state index contributed by atoms with van der Waals surface area (Å²) in [5.74, 6) is 0. The summed E-state index contributed by atoms with van der Waals surface area (Å²) in [5.41, 5.74) is -0.763. The van der Waals surface area contributed by atoms with Crippen molar-refractivity contribution >= 4 is 0 Å². The largest absolute Gasteiger partial charge is 0.394 e. The van der Waals surface area contributed by atoms with E-state index < -0.39 is 11.7 Å². The molecule has 1 fully saturated rings. The van der Waals surface area contributed by atoms with Crippen molar-refractivity contribution in [2.75, 3.05) is 6.61 Å². The van der Waals surface area contributed by atoms with Crippen LogP contribution >= 0.6 is 0 Å². The molecule has 0 aromatic carbocycles. The Hall–Kier alpha value is -0.120. The molecular weight excluding hydrogens is 228 g/mol. The monoisotopic (exact) mass is 258 g/mol. The standard InChI is InChI=1S/C15H30O3/c16-13-14(17)12-15(18)10-8-6-4-2-1-3-5-7-9-11-15/h14,16-18H,1-13H2. The minimum absolute atomic E-state index is 0.248. The van der Waals surface area contributed by atoms with Gasteiger partial charge in [0, 0.05) is 6.42 Å². The quantitative estimate of drug-likeness (QED) is 0.729. The number of hydrogen-bond acceptors (Lipinski definition) is 3. The molecule has 3 heteroatoms. The molecule has 18 heavy (non-hydrogen) atoms. The van der Waals surface area contributed by atoms with Crippen LogP contribution in [0.4, 0.5) is 0 Å². The molecule has 0 aromatic rings. The summed E-state index contributed by atoms with van der Waals surface area (Å²) >= 11 is 0. The predicted molar refractivity (Wildman–Crippen MR) is 73.4 cm³/mol. The Morgan fingerprint density at radius 1 is 0.778 bits per heavy atom. The molecule has 0 spiro atoms. The van der Waals surface area contributed by atoms with Gasteiger partial charge < -0.3 is 15.3 Å². The van der Waals surface area contributed by atoms with Gasteiger partial charge in [0.25, 0.3) is 0 Å². The van der Waals surface area contributed by atoms with Crippen LogP contribution in [0.3, 0.4) is 0 Å². The zero-order valence-electron chi connectivity index (χ0n) is 11.6. The van der Waals surface area contributed by atoms with E-state index in [9.17, 15) is 10.2 Å². The van der Waals surface area contributed by atoms with E-state index in [1.807, 2.05) is 0 Å². The van der Waals surface area contributed by atoms with Crippen LogP contribution in [0.15, 0.2) is 0 Å². The first kappa shape index (κ1) is 15.9. The van der Waals surface area contributed by atoms with E-state index >= 15 is 0 Å². The van der Waals surface area contributed by atoms with Gasteiger partial charge in [-0.1, -0.05) is 57.8 Å². The normalized spacial score (nSPS) is 24.8. The zero-order chi connectivity index (χ0) is 13.3. The molecule has 0 radical (unpaired) electrons. The fraction of sp³-hybridized carbons (Fsp3) is 1.00. The van der Waals surface area contributed by atoms with E-state index in [-0.39, 0.29) is 6.61 Å². The summed E-state index contributed by atoms with van der Waals surface area (Å²) in [5, 5.41) is 29.1. The number of aliphatic hydroxyl groups is 3. The van der Waals surface area contributed by atoms with Crippen LogP contribution in [0.5, 0.6) is 0 Å². The van der Waals surface area contributed by atoms with Crippen molar-refractivity contribution in [1.29, 1.82) is 0 Å². The molecule has 1 aliphatic rings. The topological polar surface area (TPSA) is 60.7 Å². The smallest absolute Gasteiger partial charge is 0.0798 e. The molecule has 3 N–H and O–H groups in total. The molecule has 0 amide bonds. The van der Waals surface area contributed by atoms with E-state index in [4.69, 9.17) is 5.11 Å². The molecule has 1 unspecified atom stereocenters. The van der Waals surface area contributed by atoms with Crippen LogP contribution in [-0.2, 0) is 0 Å². The molecule has 0 aromatic heterocycles. The Bertz CT molecular complexity index is 194.